The maximum absolute atomic E-state index is 12.3. The molecule has 6 heteroatoms. The second kappa shape index (κ2) is 4.94. The van der Waals surface area contributed by atoms with E-state index in [4.69, 9.17) is 16.8 Å². The molecule has 0 radical (unpaired) electrons. The minimum Gasteiger partial charge on any atom is -0.410 e. The molecule has 20 heavy (non-hydrogen) atoms. The van der Waals surface area contributed by atoms with Crippen molar-refractivity contribution in [1.82, 2.24) is 4.98 Å². The first-order valence-corrected chi connectivity index (χ1v) is 6.32. The van der Waals surface area contributed by atoms with Crippen LogP contribution in [0.2, 0.25) is 5.02 Å². The van der Waals surface area contributed by atoms with Crippen LogP contribution in [0.5, 0.6) is 0 Å². The number of halogens is 1. The third kappa shape index (κ3) is 2.02. The third-order valence-electron chi connectivity index (χ3n) is 3.10. The lowest BCUT2D eigenvalue weighted by Gasteiger charge is -2.16. The summed E-state index contributed by atoms with van der Waals surface area (Å²) in [7, 11) is 0. The van der Waals surface area contributed by atoms with Gasteiger partial charge in [-0.1, -0.05) is 22.8 Å². The summed E-state index contributed by atoms with van der Waals surface area (Å²) in [5.74, 6) is -0.365. The third-order valence-corrected chi connectivity index (χ3v) is 3.33. The molecule has 100 valence electrons. The monoisotopic (exact) mass is 287 g/mol. The number of aromatic nitrogens is 1. The summed E-state index contributed by atoms with van der Waals surface area (Å²) in [5.41, 5.74) is 1.94. The van der Waals surface area contributed by atoms with Gasteiger partial charge in [-0.05, 0) is 30.3 Å². The highest BCUT2D eigenvalue weighted by Crippen LogP contribution is 2.32. The Labute approximate surface area is 120 Å². The molecule has 1 aliphatic rings. The van der Waals surface area contributed by atoms with Crippen molar-refractivity contribution in [2.45, 2.75) is 6.54 Å². The van der Waals surface area contributed by atoms with Crippen LogP contribution in [-0.4, -0.2) is 21.8 Å². The second-order valence-electron chi connectivity index (χ2n) is 4.32. The summed E-state index contributed by atoms with van der Waals surface area (Å²) < 4.78 is 0. The number of carbonyl (C=O) groups excluding carboxylic acids is 1. The van der Waals surface area contributed by atoms with E-state index in [0.717, 1.165) is 5.69 Å². The SMILES string of the molecule is O=C1/C(=N\O)c2cc(Cl)ccc2N1Cc1ccccn1. The Morgan fingerprint density at radius 3 is 2.85 bits per heavy atom. The van der Waals surface area contributed by atoms with Crippen LogP contribution >= 0.6 is 11.6 Å². The number of amides is 1. The molecule has 5 nitrogen and oxygen atoms in total. The molecule has 0 atom stereocenters. The van der Waals surface area contributed by atoms with Gasteiger partial charge in [-0.25, -0.2) is 0 Å². The minimum absolute atomic E-state index is 0.00145. The van der Waals surface area contributed by atoms with Crippen LogP contribution in [0.1, 0.15) is 11.3 Å². The smallest absolute Gasteiger partial charge is 0.281 e. The molecule has 0 spiro atoms. The van der Waals surface area contributed by atoms with Crippen LogP contribution in [0.4, 0.5) is 5.69 Å². The Bertz CT molecular complexity index is 701. The van der Waals surface area contributed by atoms with E-state index in [9.17, 15) is 4.79 Å². The lowest BCUT2D eigenvalue weighted by atomic mass is 10.1. The molecule has 1 aliphatic heterocycles. The topological polar surface area (TPSA) is 65.8 Å². The molecule has 0 saturated carbocycles. The van der Waals surface area contributed by atoms with Crippen molar-refractivity contribution in [3.8, 4) is 0 Å². The molecule has 3 rings (SSSR count). The van der Waals surface area contributed by atoms with E-state index in [1.54, 1.807) is 24.4 Å². The number of carbonyl (C=O) groups is 1. The highest BCUT2D eigenvalue weighted by molar-refractivity contribution is 6.54. The van der Waals surface area contributed by atoms with E-state index in [1.807, 2.05) is 18.2 Å². The van der Waals surface area contributed by atoms with Gasteiger partial charge < -0.3 is 10.1 Å². The van der Waals surface area contributed by atoms with Crippen molar-refractivity contribution in [3.63, 3.8) is 0 Å². The molecule has 1 N–H and O–H groups in total. The van der Waals surface area contributed by atoms with E-state index < -0.39 is 0 Å². The van der Waals surface area contributed by atoms with Gasteiger partial charge in [-0.2, -0.15) is 0 Å². The first-order chi connectivity index (χ1) is 9.70. The molecular formula is C14H10ClN3O2. The van der Waals surface area contributed by atoms with E-state index in [2.05, 4.69) is 10.1 Å². The summed E-state index contributed by atoms with van der Waals surface area (Å²) >= 11 is 5.92. The predicted octanol–water partition coefficient (Wildman–Crippen LogP) is 2.46. The minimum atomic E-state index is -0.365. The van der Waals surface area contributed by atoms with Gasteiger partial charge in [-0.15, -0.1) is 0 Å². The largest absolute Gasteiger partial charge is 0.410 e. The van der Waals surface area contributed by atoms with Crippen LogP contribution in [0, 0.1) is 0 Å². The van der Waals surface area contributed by atoms with Crippen molar-refractivity contribution in [2.75, 3.05) is 4.90 Å². The van der Waals surface area contributed by atoms with E-state index in [1.165, 1.54) is 4.90 Å². The first kappa shape index (κ1) is 12.6. The zero-order chi connectivity index (χ0) is 14.1. The Kier molecular flexibility index (Phi) is 3.12. The number of pyridine rings is 1. The molecule has 2 heterocycles. The number of anilines is 1. The molecule has 0 fully saturated rings. The molecule has 1 aromatic carbocycles. The van der Waals surface area contributed by atoms with Gasteiger partial charge in [0.2, 0.25) is 0 Å². The standard InChI is InChI=1S/C14H10ClN3O2/c15-9-4-5-12-11(7-9)13(17-20)14(19)18(12)8-10-3-1-2-6-16-10/h1-7,20H,8H2/b17-13-. The molecule has 0 saturated heterocycles. The summed E-state index contributed by atoms with van der Waals surface area (Å²) in [6.07, 6.45) is 1.67. The molecule has 0 aliphatic carbocycles. The average Bonchev–Trinajstić information content (AvgIpc) is 2.71. The number of rotatable bonds is 2. The van der Waals surface area contributed by atoms with Gasteiger partial charge in [-0.3, -0.25) is 9.78 Å². The zero-order valence-corrected chi connectivity index (χ0v) is 11.1. The number of fused-ring (bicyclic) bond motifs is 1. The van der Waals surface area contributed by atoms with Crippen LogP contribution in [0.3, 0.4) is 0 Å². The number of benzene rings is 1. The van der Waals surface area contributed by atoms with Crippen LogP contribution in [0.15, 0.2) is 47.8 Å². The van der Waals surface area contributed by atoms with Gasteiger partial charge in [0.05, 0.1) is 17.9 Å². The summed E-state index contributed by atoms with van der Waals surface area (Å²) in [4.78, 5) is 18.0. The summed E-state index contributed by atoms with van der Waals surface area (Å²) in [6.45, 7) is 0.313. The van der Waals surface area contributed by atoms with Gasteiger partial charge in [0.15, 0.2) is 5.71 Å². The van der Waals surface area contributed by atoms with Crippen LogP contribution in [0.25, 0.3) is 0 Å². The van der Waals surface area contributed by atoms with Crippen molar-refractivity contribution in [3.05, 3.63) is 58.9 Å². The fraction of sp³-hybridized carbons (Fsp3) is 0.0714. The second-order valence-corrected chi connectivity index (χ2v) is 4.76. The summed E-state index contributed by atoms with van der Waals surface area (Å²) in [5, 5.41) is 12.6. The zero-order valence-electron chi connectivity index (χ0n) is 10.3. The van der Waals surface area contributed by atoms with Gasteiger partial charge in [0.1, 0.15) is 0 Å². The fourth-order valence-electron chi connectivity index (χ4n) is 2.19. The van der Waals surface area contributed by atoms with Crippen molar-refractivity contribution in [2.24, 2.45) is 5.16 Å². The Hall–Kier alpha value is -2.40. The van der Waals surface area contributed by atoms with Crippen LogP contribution in [-0.2, 0) is 11.3 Å². The van der Waals surface area contributed by atoms with E-state index >= 15 is 0 Å². The average molecular weight is 288 g/mol. The van der Waals surface area contributed by atoms with Crippen molar-refractivity contribution in [1.29, 1.82) is 0 Å². The maximum Gasteiger partial charge on any atom is 0.281 e. The van der Waals surface area contributed by atoms with Crippen molar-refractivity contribution < 1.29 is 10.0 Å². The van der Waals surface area contributed by atoms with Gasteiger partial charge in [0.25, 0.3) is 5.91 Å². The first-order valence-electron chi connectivity index (χ1n) is 5.94. The highest BCUT2D eigenvalue weighted by atomic mass is 35.5. The summed E-state index contributed by atoms with van der Waals surface area (Å²) in [6, 6.07) is 10.5. The molecular weight excluding hydrogens is 278 g/mol. The van der Waals surface area contributed by atoms with Crippen molar-refractivity contribution >= 4 is 28.9 Å². The number of nitrogens with zero attached hydrogens (tertiary/aromatic N) is 3. The maximum atomic E-state index is 12.3. The van der Waals surface area contributed by atoms with E-state index in [0.29, 0.717) is 22.8 Å². The molecule has 2 aromatic rings. The molecule has 0 bridgehead atoms. The normalized spacial score (nSPS) is 15.8. The number of hydrogen-bond donors (Lipinski definition) is 1. The van der Waals surface area contributed by atoms with E-state index in [-0.39, 0.29) is 11.6 Å². The Balaban J connectivity index is 2.03. The van der Waals surface area contributed by atoms with Gasteiger partial charge >= 0.3 is 0 Å². The Morgan fingerprint density at radius 1 is 1.30 bits per heavy atom. The van der Waals surface area contributed by atoms with Crippen LogP contribution < -0.4 is 4.90 Å². The predicted molar refractivity (Wildman–Crippen MR) is 75.2 cm³/mol. The number of oxime groups is 1. The molecule has 1 aromatic heterocycles. The Morgan fingerprint density at radius 2 is 2.15 bits per heavy atom. The quantitative estimate of drug-likeness (QED) is 0.681. The lowest BCUT2D eigenvalue weighted by molar-refractivity contribution is -0.112. The van der Waals surface area contributed by atoms with Gasteiger partial charge in [0, 0.05) is 16.8 Å². The molecule has 1 amide bonds. The molecule has 0 unspecified atom stereocenters. The highest BCUT2D eigenvalue weighted by Gasteiger charge is 2.34. The fourth-order valence-corrected chi connectivity index (χ4v) is 2.37. The lowest BCUT2D eigenvalue weighted by Crippen LogP contribution is -2.29. The number of hydrogen-bond acceptors (Lipinski definition) is 4.